The first-order chi connectivity index (χ1) is 8.27. The normalized spacial score (nSPS) is 13.6. The summed E-state index contributed by atoms with van der Waals surface area (Å²) in [7, 11) is -3.65. The van der Waals surface area contributed by atoms with Crippen LogP contribution >= 0.6 is 11.6 Å². The molecule has 1 aromatic carbocycles. The molecule has 102 valence electrons. The lowest BCUT2D eigenvalue weighted by molar-refractivity contribution is 0.238. The van der Waals surface area contributed by atoms with Crippen LogP contribution in [0.1, 0.15) is 12.5 Å². The van der Waals surface area contributed by atoms with Gasteiger partial charge in [0.1, 0.15) is 0 Å². The Balaban J connectivity index is 2.99. The molecule has 0 saturated heterocycles. The zero-order valence-electron chi connectivity index (χ0n) is 10.3. The van der Waals surface area contributed by atoms with Gasteiger partial charge in [-0.3, -0.25) is 0 Å². The summed E-state index contributed by atoms with van der Waals surface area (Å²) in [5.74, 6) is -0.155. The summed E-state index contributed by atoms with van der Waals surface area (Å²) in [5, 5.41) is 9.16. The van der Waals surface area contributed by atoms with Crippen molar-refractivity contribution in [2.75, 3.05) is 18.9 Å². The number of benzene rings is 1. The van der Waals surface area contributed by atoms with Gasteiger partial charge in [0.05, 0.1) is 4.90 Å². The Labute approximate surface area is 112 Å². The third-order valence-corrected chi connectivity index (χ3v) is 4.40. The van der Waals surface area contributed by atoms with Gasteiger partial charge >= 0.3 is 0 Å². The van der Waals surface area contributed by atoms with Crippen molar-refractivity contribution in [2.24, 2.45) is 5.92 Å². The molecular formula is C11H17ClN2O3S. The van der Waals surface area contributed by atoms with E-state index >= 15 is 0 Å². The molecule has 1 unspecified atom stereocenters. The molecule has 0 aliphatic rings. The molecule has 0 heterocycles. The molecule has 1 aromatic rings. The Morgan fingerprint density at radius 1 is 1.50 bits per heavy atom. The van der Waals surface area contributed by atoms with Crippen LogP contribution in [0, 0.1) is 12.8 Å². The van der Waals surface area contributed by atoms with Gasteiger partial charge in [-0.2, -0.15) is 0 Å². The van der Waals surface area contributed by atoms with Gasteiger partial charge in [0.25, 0.3) is 0 Å². The quantitative estimate of drug-likeness (QED) is 0.710. The average Bonchev–Trinajstić information content (AvgIpc) is 2.32. The Kier molecular flexibility index (Phi) is 4.98. The number of sulfonamides is 1. The van der Waals surface area contributed by atoms with Gasteiger partial charge in [-0.05, 0) is 30.5 Å². The molecular weight excluding hydrogens is 276 g/mol. The molecule has 0 bridgehead atoms. The molecule has 1 rings (SSSR count). The fourth-order valence-corrected chi connectivity index (χ4v) is 2.75. The van der Waals surface area contributed by atoms with Crippen molar-refractivity contribution >= 4 is 27.3 Å². The number of rotatable bonds is 5. The fraction of sp³-hybridized carbons (Fsp3) is 0.455. The Morgan fingerprint density at radius 2 is 2.11 bits per heavy atom. The van der Waals surface area contributed by atoms with Crippen molar-refractivity contribution in [1.29, 1.82) is 0 Å². The maximum atomic E-state index is 12.0. The number of hydrogen-bond acceptors (Lipinski definition) is 4. The molecule has 0 saturated carbocycles. The van der Waals surface area contributed by atoms with Crippen LogP contribution in [-0.2, 0) is 10.0 Å². The van der Waals surface area contributed by atoms with Crippen molar-refractivity contribution in [3.8, 4) is 0 Å². The molecule has 18 heavy (non-hydrogen) atoms. The number of nitrogen functional groups attached to an aromatic ring is 1. The Morgan fingerprint density at radius 3 is 2.61 bits per heavy atom. The van der Waals surface area contributed by atoms with Gasteiger partial charge in [-0.1, -0.05) is 18.5 Å². The van der Waals surface area contributed by atoms with E-state index in [0.717, 1.165) is 0 Å². The van der Waals surface area contributed by atoms with Crippen molar-refractivity contribution < 1.29 is 13.5 Å². The van der Waals surface area contributed by atoms with Crippen LogP contribution in [-0.4, -0.2) is 26.7 Å². The van der Waals surface area contributed by atoms with Gasteiger partial charge in [0.2, 0.25) is 10.0 Å². The summed E-state index contributed by atoms with van der Waals surface area (Å²) in [6.07, 6.45) is 0. The van der Waals surface area contributed by atoms with Crippen LogP contribution in [0.3, 0.4) is 0 Å². The van der Waals surface area contributed by atoms with Crippen LogP contribution in [0.25, 0.3) is 0 Å². The first-order valence-corrected chi connectivity index (χ1v) is 7.30. The summed E-state index contributed by atoms with van der Waals surface area (Å²) >= 11 is 5.90. The van der Waals surface area contributed by atoms with Crippen molar-refractivity contribution in [1.82, 2.24) is 4.72 Å². The lowest BCUT2D eigenvalue weighted by Gasteiger charge is -2.12. The van der Waals surface area contributed by atoms with E-state index in [1.807, 2.05) is 0 Å². The zero-order valence-corrected chi connectivity index (χ0v) is 11.8. The van der Waals surface area contributed by atoms with E-state index in [9.17, 15) is 8.42 Å². The highest BCUT2D eigenvalue weighted by Gasteiger charge is 2.17. The maximum Gasteiger partial charge on any atom is 0.240 e. The van der Waals surface area contributed by atoms with Crippen LogP contribution < -0.4 is 10.5 Å². The highest BCUT2D eigenvalue weighted by molar-refractivity contribution is 7.89. The molecule has 0 aliphatic heterocycles. The van der Waals surface area contributed by atoms with Crippen molar-refractivity contribution in [3.63, 3.8) is 0 Å². The van der Waals surface area contributed by atoms with Gasteiger partial charge < -0.3 is 10.8 Å². The number of aliphatic hydroxyl groups excluding tert-OH is 1. The van der Waals surface area contributed by atoms with Crippen LogP contribution in [0.5, 0.6) is 0 Å². The highest BCUT2D eigenvalue weighted by Crippen LogP contribution is 2.25. The Bertz CT molecular complexity index is 508. The predicted molar refractivity (Wildman–Crippen MR) is 72.0 cm³/mol. The molecule has 0 radical (unpaired) electrons. The average molecular weight is 293 g/mol. The van der Waals surface area contributed by atoms with E-state index in [0.29, 0.717) is 16.3 Å². The second-order valence-electron chi connectivity index (χ2n) is 4.26. The number of halogens is 1. The smallest absolute Gasteiger partial charge is 0.240 e. The van der Waals surface area contributed by atoms with E-state index in [-0.39, 0.29) is 24.0 Å². The lowest BCUT2D eigenvalue weighted by atomic mass is 10.2. The topological polar surface area (TPSA) is 92.4 Å². The predicted octanol–water partition coefficient (Wildman–Crippen LogP) is 1.14. The minimum atomic E-state index is -3.65. The minimum absolute atomic E-state index is 0.0285. The van der Waals surface area contributed by atoms with Gasteiger partial charge in [-0.15, -0.1) is 0 Å². The van der Waals surface area contributed by atoms with E-state index in [1.165, 1.54) is 12.1 Å². The molecule has 0 spiro atoms. The Hall–Kier alpha value is -0.820. The van der Waals surface area contributed by atoms with Crippen molar-refractivity contribution in [2.45, 2.75) is 18.7 Å². The molecule has 0 aliphatic carbocycles. The van der Waals surface area contributed by atoms with E-state index in [1.54, 1.807) is 13.8 Å². The molecule has 0 aromatic heterocycles. The minimum Gasteiger partial charge on any atom is -0.398 e. The zero-order chi connectivity index (χ0) is 13.9. The molecule has 1 atom stereocenters. The summed E-state index contributed by atoms with van der Waals surface area (Å²) in [6, 6.07) is 2.73. The number of anilines is 1. The third-order valence-electron chi connectivity index (χ3n) is 2.60. The first kappa shape index (κ1) is 15.2. The van der Waals surface area contributed by atoms with Crippen LogP contribution in [0.4, 0.5) is 5.69 Å². The third kappa shape index (κ3) is 3.58. The molecule has 0 fully saturated rings. The number of aliphatic hydroxyl groups is 1. The largest absolute Gasteiger partial charge is 0.398 e. The highest BCUT2D eigenvalue weighted by atomic mass is 35.5. The number of hydrogen-bond donors (Lipinski definition) is 3. The summed E-state index contributed by atoms with van der Waals surface area (Å²) in [6.45, 7) is 3.53. The SMILES string of the molecule is Cc1c(N)cc(S(=O)(=O)NCC(C)CO)cc1Cl. The number of nitrogens with one attached hydrogen (secondary N) is 1. The molecule has 0 amide bonds. The van der Waals surface area contributed by atoms with E-state index in [2.05, 4.69) is 4.72 Å². The van der Waals surface area contributed by atoms with E-state index in [4.69, 9.17) is 22.4 Å². The summed E-state index contributed by atoms with van der Waals surface area (Å²) in [5.41, 5.74) is 6.67. The second-order valence-corrected chi connectivity index (χ2v) is 6.43. The number of nitrogens with two attached hydrogens (primary N) is 1. The van der Waals surface area contributed by atoms with Gasteiger partial charge in [0, 0.05) is 23.9 Å². The molecule has 7 heteroatoms. The van der Waals surface area contributed by atoms with Crippen LogP contribution in [0.15, 0.2) is 17.0 Å². The maximum absolute atomic E-state index is 12.0. The van der Waals surface area contributed by atoms with Gasteiger partial charge in [0.15, 0.2) is 0 Å². The lowest BCUT2D eigenvalue weighted by Crippen LogP contribution is -2.29. The molecule has 5 nitrogen and oxygen atoms in total. The van der Waals surface area contributed by atoms with E-state index < -0.39 is 10.0 Å². The fourth-order valence-electron chi connectivity index (χ4n) is 1.23. The van der Waals surface area contributed by atoms with Gasteiger partial charge in [-0.25, -0.2) is 13.1 Å². The monoisotopic (exact) mass is 292 g/mol. The first-order valence-electron chi connectivity index (χ1n) is 5.44. The standard InChI is InChI=1S/C11H17ClN2O3S/c1-7(6-15)5-14-18(16,17)9-3-10(12)8(2)11(13)4-9/h3-4,7,14-15H,5-6,13H2,1-2H3. The second kappa shape index (κ2) is 5.88. The summed E-state index contributed by atoms with van der Waals surface area (Å²) in [4.78, 5) is 0.0285. The summed E-state index contributed by atoms with van der Waals surface area (Å²) < 4.78 is 26.3. The molecule has 4 N–H and O–H groups in total. The van der Waals surface area contributed by atoms with Crippen molar-refractivity contribution in [3.05, 3.63) is 22.7 Å². The van der Waals surface area contributed by atoms with Crippen LogP contribution in [0.2, 0.25) is 5.02 Å².